The van der Waals surface area contributed by atoms with E-state index in [4.69, 9.17) is 39.8 Å². The van der Waals surface area contributed by atoms with E-state index in [1.807, 2.05) is 24.3 Å². The summed E-state index contributed by atoms with van der Waals surface area (Å²) < 4.78 is 5.87. The van der Waals surface area contributed by atoms with Gasteiger partial charge in [-0.15, -0.1) is 0 Å². The van der Waals surface area contributed by atoms with Crippen LogP contribution in [0.15, 0.2) is 40.8 Å². The van der Waals surface area contributed by atoms with E-state index in [-0.39, 0.29) is 11.3 Å². The Morgan fingerprint density at radius 2 is 1.79 bits per heavy atom. The Balaban J connectivity index is 1.12. The third-order valence-corrected chi connectivity index (χ3v) is 8.43. The summed E-state index contributed by atoms with van der Waals surface area (Å²) in [5.74, 6) is 2.92. The summed E-state index contributed by atoms with van der Waals surface area (Å²) in [6.45, 7) is 0. The predicted molar refractivity (Wildman–Crippen MR) is 139 cm³/mol. The summed E-state index contributed by atoms with van der Waals surface area (Å²) in [6.07, 6.45) is 8.30. The van der Waals surface area contributed by atoms with Crippen LogP contribution in [-0.4, -0.2) is 16.0 Å². The van der Waals surface area contributed by atoms with Crippen LogP contribution in [0.1, 0.15) is 44.9 Å². The molecule has 0 saturated heterocycles. The van der Waals surface area contributed by atoms with E-state index in [0.29, 0.717) is 38.6 Å². The molecular weight excluding hydrogens is 489 g/mol. The van der Waals surface area contributed by atoms with Crippen molar-refractivity contribution in [2.45, 2.75) is 44.9 Å². The van der Waals surface area contributed by atoms with Gasteiger partial charge < -0.3 is 15.1 Å². The average Bonchev–Trinajstić information content (AvgIpc) is 3.17. The predicted octanol–water partition coefficient (Wildman–Crippen LogP) is 7.22. The molecule has 2 N–H and O–H groups in total. The molecular formula is C26H25Cl2N3O2S. The van der Waals surface area contributed by atoms with Gasteiger partial charge in [-0.1, -0.05) is 29.3 Å². The molecule has 0 spiro atoms. The van der Waals surface area contributed by atoms with Crippen molar-refractivity contribution < 1.29 is 9.21 Å². The van der Waals surface area contributed by atoms with Crippen LogP contribution >= 0.6 is 35.4 Å². The molecule has 3 aromatic rings. The summed E-state index contributed by atoms with van der Waals surface area (Å²) in [6, 6.07) is 10.9. The van der Waals surface area contributed by atoms with Crippen molar-refractivity contribution in [2.75, 3.05) is 5.32 Å². The molecule has 1 aromatic heterocycles. The number of anilines is 1. The second-order valence-electron chi connectivity index (χ2n) is 10.4. The normalized spacial score (nSPS) is 27.2. The van der Waals surface area contributed by atoms with E-state index in [2.05, 4.69) is 15.6 Å². The van der Waals surface area contributed by atoms with E-state index in [9.17, 15) is 4.79 Å². The lowest BCUT2D eigenvalue weighted by atomic mass is 9.49. The minimum absolute atomic E-state index is 0.0149. The summed E-state index contributed by atoms with van der Waals surface area (Å²) in [7, 11) is 0. The van der Waals surface area contributed by atoms with Gasteiger partial charge in [-0.05, 0) is 104 Å². The van der Waals surface area contributed by atoms with Crippen molar-refractivity contribution in [2.24, 2.45) is 23.2 Å². The van der Waals surface area contributed by atoms with Crippen LogP contribution in [-0.2, 0) is 4.79 Å². The standard InChI is InChI=1S/C26H25Cl2N3O2S/c27-18-8-20(28)23-21(9-18)30-24(33-23)17-2-1-3-19(7-17)29-25(34)31-22(32)13-26-10-14-4-15(11-26)6-16(5-14)12-26/h1-3,7-9,14-16H,4-6,10-13H2,(H2,29,31,32,34). The maximum Gasteiger partial charge on any atom is 0.227 e. The van der Waals surface area contributed by atoms with Crippen molar-refractivity contribution in [3.8, 4) is 11.5 Å². The molecule has 4 bridgehead atoms. The van der Waals surface area contributed by atoms with Gasteiger partial charge in [-0.3, -0.25) is 4.79 Å². The molecule has 2 aromatic carbocycles. The Labute approximate surface area is 213 Å². The van der Waals surface area contributed by atoms with Crippen molar-refractivity contribution in [3.05, 3.63) is 46.4 Å². The molecule has 1 amide bonds. The molecule has 7 rings (SSSR count). The highest BCUT2D eigenvalue weighted by molar-refractivity contribution is 7.80. The molecule has 34 heavy (non-hydrogen) atoms. The highest BCUT2D eigenvalue weighted by Gasteiger charge is 2.51. The molecule has 4 fully saturated rings. The number of halogens is 2. The zero-order chi connectivity index (χ0) is 23.4. The minimum atomic E-state index is 0.0149. The lowest BCUT2D eigenvalue weighted by Crippen LogP contribution is -2.48. The molecule has 176 valence electrons. The molecule has 4 aliphatic carbocycles. The van der Waals surface area contributed by atoms with Crippen LogP contribution in [0.5, 0.6) is 0 Å². The summed E-state index contributed by atoms with van der Waals surface area (Å²) >= 11 is 17.8. The number of oxazole rings is 1. The quantitative estimate of drug-likeness (QED) is 0.360. The molecule has 4 saturated carbocycles. The van der Waals surface area contributed by atoms with Crippen LogP contribution in [0.4, 0.5) is 5.69 Å². The van der Waals surface area contributed by atoms with Gasteiger partial charge in [0.25, 0.3) is 0 Å². The van der Waals surface area contributed by atoms with Gasteiger partial charge >= 0.3 is 0 Å². The van der Waals surface area contributed by atoms with E-state index >= 15 is 0 Å². The number of thiocarbonyl (C=S) groups is 1. The fraction of sp³-hybridized carbons (Fsp3) is 0.423. The number of carbonyl (C=O) groups excluding carboxylic acids is 1. The first-order valence-electron chi connectivity index (χ1n) is 11.8. The number of amides is 1. The van der Waals surface area contributed by atoms with E-state index < -0.39 is 0 Å². The second-order valence-corrected chi connectivity index (χ2v) is 11.7. The SMILES string of the molecule is O=C(CC12CC3CC(CC(C3)C1)C2)NC(=S)Nc1cccc(-c2nc3cc(Cl)cc(Cl)c3o2)c1. The molecule has 4 aliphatic rings. The van der Waals surface area contributed by atoms with Crippen LogP contribution in [0.3, 0.4) is 0 Å². The second kappa shape index (κ2) is 8.51. The first-order valence-corrected chi connectivity index (χ1v) is 13.0. The number of carbonyl (C=O) groups is 1. The Hall–Kier alpha value is -2.15. The molecule has 0 radical (unpaired) electrons. The van der Waals surface area contributed by atoms with Gasteiger partial charge in [-0.2, -0.15) is 0 Å². The molecule has 1 heterocycles. The van der Waals surface area contributed by atoms with Gasteiger partial charge in [0.05, 0.1) is 5.02 Å². The molecule has 5 nitrogen and oxygen atoms in total. The molecule has 0 aliphatic heterocycles. The number of hydrogen-bond donors (Lipinski definition) is 2. The zero-order valence-corrected chi connectivity index (χ0v) is 20.9. The fourth-order valence-corrected chi connectivity index (χ4v) is 7.75. The summed E-state index contributed by atoms with van der Waals surface area (Å²) in [5.41, 5.74) is 2.77. The van der Waals surface area contributed by atoms with Crippen molar-refractivity contribution in [3.63, 3.8) is 0 Å². The molecule has 8 heteroatoms. The van der Waals surface area contributed by atoms with Crippen LogP contribution in [0.25, 0.3) is 22.6 Å². The summed E-state index contributed by atoms with van der Waals surface area (Å²) in [4.78, 5) is 17.4. The molecule has 0 atom stereocenters. The number of aromatic nitrogens is 1. The maximum atomic E-state index is 12.9. The Morgan fingerprint density at radius 3 is 2.50 bits per heavy atom. The first-order chi connectivity index (χ1) is 16.3. The Kier molecular flexibility index (Phi) is 5.58. The van der Waals surface area contributed by atoms with E-state index in [1.54, 1.807) is 12.1 Å². The smallest absolute Gasteiger partial charge is 0.227 e. The van der Waals surface area contributed by atoms with Crippen molar-refractivity contribution >= 4 is 63.2 Å². The van der Waals surface area contributed by atoms with Gasteiger partial charge in [0, 0.05) is 22.7 Å². The Bertz CT molecular complexity index is 1270. The van der Waals surface area contributed by atoms with Gasteiger partial charge in [0.15, 0.2) is 10.7 Å². The highest BCUT2D eigenvalue weighted by Crippen LogP contribution is 2.61. The average molecular weight is 514 g/mol. The van der Waals surface area contributed by atoms with Gasteiger partial charge in [0.2, 0.25) is 11.8 Å². The number of nitrogens with zero attached hydrogens (tertiary/aromatic N) is 1. The topological polar surface area (TPSA) is 67.2 Å². The number of hydrogen-bond acceptors (Lipinski definition) is 4. The fourth-order valence-electron chi connectivity index (χ4n) is 6.99. The lowest BCUT2D eigenvalue weighted by Gasteiger charge is -2.56. The van der Waals surface area contributed by atoms with Crippen LogP contribution < -0.4 is 10.6 Å². The van der Waals surface area contributed by atoms with E-state index in [1.165, 1.54) is 38.5 Å². The first kappa shape index (κ1) is 22.3. The van der Waals surface area contributed by atoms with Crippen molar-refractivity contribution in [1.29, 1.82) is 0 Å². The van der Waals surface area contributed by atoms with Crippen LogP contribution in [0.2, 0.25) is 10.0 Å². The third-order valence-electron chi connectivity index (χ3n) is 7.73. The molecule has 0 unspecified atom stereocenters. The van der Waals surface area contributed by atoms with Crippen molar-refractivity contribution in [1.82, 2.24) is 10.3 Å². The number of nitrogens with one attached hydrogen (secondary N) is 2. The van der Waals surface area contributed by atoms with Gasteiger partial charge in [0.1, 0.15) is 5.52 Å². The van der Waals surface area contributed by atoms with Gasteiger partial charge in [-0.25, -0.2) is 4.98 Å². The van der Waals surface area contributed by atoms with Crippen LogP contribution in [0, 0.1) is 23.2 Å². The zero-order valence-electron chi connectivity index (χ0n) is 18.6. The van der Waals surface area contributed by atoms with E-state index in [0.717, 1.165) is 29.0 Å². The third kappa shape index (κ3) is 4.32. The Morgan fingerprint density at radius 1 is 1.09 bits per heavy atom. The maximum absolute atomic E-state index is 12.9. The number of benzene rings is 2. The minimum Gasteiger partial charge on any atom is -0.435 e. The summed E-state index contributed by atoms with van der Waals surface area (Å²) in [5, 5.41) is 7.26. The lowest BCUT2D eigenvalue weighted by molar-refractivity contribution is -0.127. The number of fused-ring (bicyclic) bond motifs is 1. The monoisotopic (exact) mass is 513 g/mol. The highest BCUT2D eigenvalue weighted by atomic mass is 35.5. The number of rotatable bonds is 4. The largest absolute Gasteiger partial charge is 0.435 e.